The molecular formula is C12H25N. The smallest absolute Gasteiger partial charge is 0.00673 e. The van der Waals surface area contributed by atoms with Crippen LogP contribution in [-0.4, -0.2) is 12.6 Å². The fourth-order valence-electron chi connectivity index (χ4n) is 2.21. The Morgan fingerprint density at radius 2 is 1.92 bits per heavy atom. The summed E-state index contributed by atoms with van der Waals surface area (Å²) in [6.45, 7) is 10.6. The minimum atomic E-state index is 0.476. The van der Waals surface area contributed by atoms with Gasteiger partial charge in [-0.3, -0.25) is 0 Å². The van der Waals surface area contributed by atoms with Gasteiger partial charge in [-0.15, -0.1) is 0 Å². The van der Waals surface area contributed by atoms with Gasteiger partial charge in [-0.05, 0) is 30.6 Å². The Morgan fingerprint density at radius 1 is 1.31 bits per heavy atom. The largest absolute Gasteiger partial charge is 0.313 e. The van der Waals surface area contributed by atoms with E-state index in [1.807, 2.05) is 0 Å². The first kappa shape index (κ1) is 11.0. The van der Waals surface area contributed by atoms with Crippen molar-refractivity contribution in [3.05, 3.63) is 0 Å². The van der Waals surface area contributed by atoms with E-state index in [9.17, 15) is 0 Å². The van der Waals surface area contributed by atoms with Gasteiger partial charge in [0.1, 0.15) is 0 Å². The number of hydrogen-bond donors (Lipinski definition) is 1. The Bertz CT molecular complexity index is 145. The lowest BCUT2D eigenvalue weighted by atomic mass is 9.83. The Hall–Kier alpha value is -0.0400. The molecule has 0 aromatic rings. The Labute approximate surface area is 83.3 Å². The van der Waals surface area contributed by atoms with Gasteiger partial charge in [0, 0.05) is 12.6 Å². The maximum atomic E-state index is 3.66. The number of rotatable bonds is 5. The highest BCUT2D eigenvalue weighted by molar-refractivity contribution is 4.80. The minimum absolute atomic E-state index is 0.476. The average molecular weight is 183 g/mol. The molecule has 1 heteroatoms. The highest BCUT2D eigenvalue weighted by atomic mass is 14.9. The van der Waals surface area contributed by atoms with Crippen molar-refractivity contribution in [2.75, 3.05) is 6.54 Å². The fourth-order valence-corrected chi connectivity index (χ4v) is 2.21. The molecular weight excluding hydrogens is 158 g/mol. The molecule has 0 spiro atoms. The highest BCUT2D eigenvalue weighted by Crippen LogP contribution is 2.26. The molecule has 13 heavy (non-hydrogen) atoms. The zero-order valence-electron chi connectivity index (χ0n) is 9.69. The summed E-state index contributed by atoms with van der Waals surface area (Å²) in [5.74, 6) is 0.818. The van der Waals surface area contributed by atoms with E-state index in [0.29, 0.717) is 5.41 Å². The predicted octanol–water partition coefficient (Wildman–Crippen LogP) is 3.20. The van der Waals surface area contributed by atoms with Crippen LogP contribution in [-0.2, 0) is 0 Å². The quantitative estimate of drug-likeness (QED) is 0.690. The van der Waals surface area contributed by atoms with Crippen molar-refractivity contribution in [2.45, 2.75) is 59.4 Å². The summed E-state index contributed by atoms with van der Waals surface area (Å²) >= 11 is 0. The monoisotopic (exact) mass is 183 g/mol. The van der Waals surface area contributed by atoms with Crippen molar-refractivity contribution < 1.29 is 0 Å². The summed E-state index contributed by atoms with van der Waals surface area (Å²) in [6.07, 6.45) is 5.56. The molecule has 0 saturated heterocycles. The SMILES string of the molecule is CC(C)CC(C)(C)CNC1CCC1. The second kappa shape index (κ2) is 4.45. The molecule has 78 valence electrons. The molecule has 1 fully saturated rings. The number of hydrogen-bond acceptors (Lipinski definition) is 1. The van der Waals surface area contributed by atoms with Crippen molar-refractivity contribution >= 4 is 0 Å². The minimum Gasteiger partial charge on any atom is -0.313 e. The van der Waals surface area contributed by atoms with Gasteiger partial charge in [0.25, 0.3) is 0 Å². The molecule has 1 aliphatic carbocycles. The molecule has 1 saturated carbocycles. The maximum absolute atomic E-state index is 3.66. The van der Waals surface area contributed by atoms with Crippen LogP contribution in [0.5, 0.6) is 0 Å². The van der Waals surface area contributed by atoms with Gasteiger partial charge in [-0.2, -0.15) is 0 Å². The number of nitrogens with one attached hydrogen (secondary N) is 1. The molecule has 0 aromatic carbocycles. The van der Waals surface area contributed by atoms with E-state index in [2.05, 4.69) is 33.0 Å². The Balaban J connectivity index is 2.16. The van der Waals surface area contributed by atoms with Crippen molar-refractivity contribution in [1.29, 1.82) is 0 Å². The van der Waals surface area contributed by atoms with Crippen LogP contribution >= 0.6 is 0 Å². The molecule has 0 atom stereocenters. The van der Waals surface area contributed by atoms with Crippen LogP contribution in [0.2, 0.25) is 0 Å². The predicted molar refractivity (Wildman–Crippen MR) is 58.9 cm³/mol. The van der Waals surface area contributed by atoms with E-state index in [0.717, 1.165) is 12.0 Å². The molecule has 0 radical (unpaired) electrons. The average Bonchev–Trinajstić information content (AvgIpc) is 1.79. The van der Waals surface area contributed by atoms with Crippen LogP contribution in [0.15, 0.2) is 0 Å². The zero-order valence-corrected chi connectivity index (χ0v) is 9.69. The Kier molecular flexibility index (Phi) is 3.78. The summed E-state index contributed by atoms with van der Waals surface area (Å²) in [4.78, 5) is 0. The molecule has 0 aromatic heterocycles. The van der Waals surface area contributed by atoms with Crippen LogP contribution in [0.4, 0.5) is 0 Å². The molecule has 0 unspecified atom stereocenters. The van der Waals surface area contributed by atoms with Crippen molar-refractivity contribution in [2.24, 2.45) is 11.3 Å². The van der Waals surface area contributed by atoms with Gasteiger partial charge in [-0.1, -0.05) is 34.1 Å². The van der Waals surface area contributed by atoms with Crippen LogP contribution in [0.1, 0.15) is 53.4 Å². The lowest BCUT2D eigenvalue weighted by Gasteiger charge is -2.33. The lowest BCUT2D eigenvalue weighted by Crippen LogP contribution is -2.41. The standard InChI is InChI=1S/C12H25N/c1-10(2)8-12(3,4)9-13-11-6-5-7-11/h10-11,13H,5-9H2,1-4H3. The molecule has 1 N–H and O–H groups in total. The van der Waals surface area contributed by atoms with E-state index in [-0.39, 0.29) is 0 Å². The van der Waals surface area contributed by atoms with Gasteiger partial charge in [-0.25, -0.2) is 0 Å². The van der Waals surface area contributed by atoms with Crippen LogP contribution < -0.4 is 5.32 Å². The second-order valence-electron chi connectivity index (χ2n) is 5.77. The van der Waals surface area contributed by atoms with Gasteiger partial charge < -0.3 is 5.32 Å². The summed E-state index contributed by atoms with van der Waals surface area (Å²) in [5, 5.41) is 3.66. The third kappa shape index (κ3) is 4.12. The van der Waals surface area contributed by atoms with Gasteiger partial charge in [0.05, 0.1) is 0 Å². The molecule has 0 heterocycles. The zero-order chi connectivity index (χ0) is 9.90. The van der Waals surface area contributed by atoms with Gasteiger partial charge in [0.2, 0.25) is 0 Å². The van der Waals surface area contributed by atoms with Gasteiger partial charge in [0.15, 0.2) is 0 Å². The normalized spacial score (nSPS) is 19.2. The van der Waals surface area contributed by atoms with E-state index in [4.69, 9.17) is 0 Å². The first-order chi connectivity index (χ1) is 5.99. The van der Waals surface area contributed by atoms with Crippen LogP contribution in [0, 0.1) is 11.3 Å². The summed E-state index contributed by atoms with van der Waals surface area (Å²) in [5.41, 5.74) is 0.476. The molecule has 1 nitrogen and oxygen atoms in total. The Morgan fingerprint density at radius 3 is 2.31 bits per heavy atom. The summed E-state index contributed by atoms with van der Waals surface area (Å²) in [7, 11) is 0. The van der Waals surface area contributed by atoms with E-state index < -0.39 is 0 Å². The van der Waals surface area contributed by atoms with Crippen molar-refractivity contribution in [1.82, 2.24) is 5.32 Å². The van der Waals surface area contributed by atoms with Crippen LogP contribution in [0.25, 0.3) is 0 Å². The third-order valence-corrected chi connectivity index (χ3v) is 2.94. The summed E-state index contributed by atoms with van der Waals surface area (Å²) in [6, 6.07) is 0.839. The first-order valence-electron chi connectivity index (χ1n) is 5.73. The van der Waals surface area contributed by atoms with E-state index in [1.54, 1.807) is 0 Å². The molecule has 1 aliphatic rings. The molecule has 1 rings (SSSR count). The topological polar surface area (TPSA) is 12.0 Å². The lowest BCUT2D eigenvalue weighted by molar-refractivity contribution is 0.234. The van der Waals surface area contributed by atoms with E-state index >= 15 is 0 Å². The van der Waals surface area contributed by atoms with Crippen molar-refractivity contribution in [3.8, 4) is 0 Å². The van der Waals surface area contributed by atoms with Crippen molar-refractivity contribution in [3.63, 3.8) is 0 Å². The second-order valence-corrected chi connectivity index (χ2v) is 5.77. The molecule has 0 amide bonds. The highest BCUT2D eigenvalue weighted by Gasteiger charge is 2.23. The maximum Gasteiger partial charge on any atom is 0.00673 e. The summed E-state index contributed by atoms with van der Waals surface area (Å²) < 4.78 is 0. The van der Waals surface area contributed by atoms with E-state index in [1.165, 1.54) is 32.2 Å². The van der Waals surface area contributed by atoms with Crippen LogP contribution in [0.3, 0.4) is 0 Å². The first-order valence-corrected chi connectivity index (χ1v) is 5.73. The fraction of sp³-hybridized carbons (Fsp3) is 1.00. The third-order valence-electron chi connectivity index (χ3n) is 2.94. The molecule has 0 bridgehead atoms. The van der Waals surface area contributed by atoms with Gasteiger partial charge >= 0.3 is 0 Å². The molecule has 0 aliphatic heterocycles.